The van der Waals surface area contributed by atoms with Gasteiger partial charge in [0.05, 0.1) is 36.8 Å². The van der Waals surface area contributed by atoms with Crippen LogP contribution in [0.4, 0.5) is 15.8 Å². The molecule has 14 heteroatoms. The summed E-state index contributed by atoms with van der Waals surface area (Å²) in [5.74, 6) is -0.555. The molecule has 40 heavy (non-hydrogen) atoms. The zero-order chi connectivity index (χ0) is 28.4. The number of carbonyl (C=O) groups excluding carboxylic acids is 1. The van der Waals surface area contributed by atoms with Crippen molar-refractivity contribution in [3.63, 3.8) is 0 Å². The van der Waals surface area contributed by atoms with E-state index < -0.39 is 20.9 Å². The number of amides is 1. The minimum Gasteiger partial charge on any atom is -0.269 e. The minimum atomic E-state index is -3.87. The van der Waals surface area contributed by atoms with E-state index in [4.69, 9.17) is 0 Å². The molecule has 0 spiro atoms. The number of nitro groups is 1. The van der Waals surface area contributed by atoms with Crippen molar-refractivity contribution in [3.8, 4) is 0 Å². The van der Waals surface area contributed by atoms with Crippen LogP contribution in [0, 0.1) is 10.1 Å². The summed E-state index contributed by atoms with van der Waals surface area (Å²) in [5, 5.41) is 16.7. The summed E-state index contributed by atoms with van der Waals surface area (Å²) in [6.07, 6.45) is 1.35. The molecule has 0 radical (unpaired) electrons. The number of aromatic nitrogens is 1. The van der Waals surface area contributed by atoms with Crippen LogP contribution in [0.3, 0.4) is 0 Å². The number of fused-ring (bicyclic) bond motifs is 1. The Bertz CT molecular complexity index is 1850. The molecular weight excluding hydrogens is 638 g/mol. The van der Waals surface area contributed by atoms with Gasteiger partial charge in [-0.2, -0.15) is 10.1 Å². The van der Waals surface area contributed by atoms with Gasteiger partial charge in [-0.25, -0.2) is 13.4 Å². The molecule has 0 saturated carbocycles. The molecule has 1 amide bonds. The van der Waals surface area contributed by atoms with Crippen LogP contribution in [0.1, 0.15) is 15.2 Å². The Morgan fingerprint density at radius 2 is 1.75 bits per heavy atom. The Labute approximate surface area is 245 Å². The van der Waals surface area contributed by atoms with Gasteiger partial charge >= 0.3 is 5.00 Å². The highest BCUT2D eigenvalue weighted by Gasteiger charge is 2.24. The van der Waals surface area contributed by atoms with E-state index in [-0.39, 0.29) is 20.6 Å². The van der Waals surface area contributed by atoms with Gasteiger partial charge in [-0.1, -0.05) is 56.8 Å². The smallest absolute Gasteiger partial charge is 0.269 e. The Hall–Kier alpha value is -3.98. The second-order valence-electron chi connectivity index (χ2n) is 8.24. The molecular formula is C26H18BrN5O5S3. The van der Waals surface area contributed by atoms with Crippen LogP contribution in [0.5, 0.6) is 0 Å². The number of thiophene rings is 1. The van der Waals surface area contributed by atoms with E-state index in [1.54, 1.807) is 36.4 Å². The number of carbonyl (C=O) groups is 1. The number of nitrogens with zero attached hydrogens (tertiary/aromatic N) is 5. The standard InChI is InChI=1S/C26H18BrN5O5S3/c1-30(19-5-3-2-4-6-19)40(36,37)21-11-7-17(8-12-21)25(33)31(28-16-20-10-14-24(38-20)32(34)35)26-29-22-13-9-18(27)15-23(22)39-26/h2-16H,1H3/b28-16+. The first kappa shape index (κ1) is 27.6. The molecule has 5 aromatic rings. The monoisotopic (exact) mass is 655 g/mol. The number of rotatable bonds is 8. The second kappa shape index (κ2) is 11.3. The fourth-order valence-corrected chi connectivity index (χ4v) is 6.97. The molecule has 0 aliphatic heterocycles. The summed E-state index contributed by atoms with van der Waals surface area (Å²) in [6, 6.07) is 22.6. The lowest BCUT2D eigenvalue weighted by Crippen LogP contribution is -2.27. The van der Waals surface area contributed by atoms with Gasteiger partial charge in [0, 0.05) is 23.2 Å². The van der Waals surface area contributed by atoms with Crippen LogP contribution in [-0.2, 0) is 10.0 Å². The fraction of sp³-hybridized carbons (Fsp3) is 0.0385. The Balaban J connectivity index is 1.48. The van der Waals surface area contributed by atoms with Crippen LogP contribution in [-0.4, -0.2) is 37.5 Å². The number of para-hydroxylation sites is 1. The summed E-state index contributed by atoms with van der Waals surface area (Å²) < 4.78 is 29.1. The summed E-state index contributed by atoms with van der Waals surface area (Å²) in [6.45, 7) is 0. The highest BCUT2D eigenvalue weighted by Crippen LogP contribution is 2.32. The maximum Gasteiger partial charge on any atom is 0.324 e. The largest absolute Gasteiger partial charge is 0.324 e. The van der Waals surface area contributed by atoms with Crippen LogP contribution in [0.15, 0.2) is 99.4 Å². The van der Waals surface area contributed by atoms with Gasteiger partial charge < -0.3 is 0 Å². The van der Waals surface area contributed by atoms with Crippen LogP contribution in [0.25, 0.3) is 10.2 Å². The van der Waals surface area contributed by atoms with E-state index in [0.717, 1.165) is 25.5 Å². The van der Waals surface area contributed by atoms with Gasteiger partial charge in [0.15, 0.2) is 0 Å². The molecule has 0 fully saturated rings. The van der Waals surface area contributed by atoms with Crippen LogP contribution >= 0.6 is 38.6 Å². The van der Waals surface area contributed by atoms with E-state index in [1.807, 2.05) is 12.1 Å². The first-order chi connectivity index (χ1) is 19.1. The SMILES string of the molecule is CN(c1ccccc1)S(=O)(=O)c1ccc(C(=O)N(/N=C/c2ccc([N+](=O)[O-])s2)c2nc3ccc(Br)cc3s2)cc1. The summed E-state index contributed by atoms with van der Waals surface area (Å²) in [7, 11) is -2.41. The normalized spacial score (nSPS) is 11.7. The van der Waals surface area contributed by atoms with E-state index in [2.05, 4.69) is 26.0 Å². The molecule has 0 aliphatic rings. The first-order valence-electron chi connectivity index (χ1n) is 11.5. The number of sulfonamides is 1. The molecule has 0 unspecified atom stereocenters. The number of hydrogen-bond donors (Lipinski definition) is 0. The third-order valence-electron chi connectivity index (χ3n) is 5.69. The highest BCUT2D eigenvalue weighted by molar-refractivity contribution is 9.10. The van der Waals surface area contributed by atoms with E-state index >= 15 is 0 Å². The third-order valence-corrected chi connectivity index (χ3v) is 9.94. The first-order valence-corrected chi connectivity index (χ1v) is 15.3. The molecule has 0 bridgehead atoms. The molecule has 0 N–H and O–H groups in total. The maximum absolute atomic E-state index is 13.6. The lowest BCUT2D eigenvalue weighted by molar-refractivity contribution is -0.380. The predicted octanol–water partition coefficient (Wildman–Crippen LogP) is 6.53. The number of thiazole rings is 1. The third kappa shape index (κ3) is 5.65. The topological polar surface area (TPSA) is 126 Å². The number of benzene rings is 3. The van der Waals surface area contributed by atoms with Crippen molar-refractivity contribution in [1.82, 2.24) is 4.98 Å². The molecule has 202 valence electrons. The zero-order valence-corrected chi connectivity index (χ0v) is 24.6. The van der Waals surface area contributed by atoms with Crippen LogP contribution < -0.4 is 9.31 Å². The Morgan fingerprint density at radius 1 is 1.02 bits per heavy atom. The average molecular weight is 657 g/mol. The molecule has 3 aromatic carbocycles. The predicted molar refractivity (Wildman–Crippen MR) is 161 cm³/mol. The van der Waals surface area contributed by atoms with Crippen molar-refractivity contribution >= 4 is 86.8 Å². The van der Waals surface area contributed by atoms with Gasteiger partial charge in [0.25, 0.3) is 15.9 Å². The second-order valence-corrected chi connectivity index (χ2v) is 13.2. The highest BCUT2D eigenvalue weighted by atomic mass is 79.9. The van der Waals surface area contributed by atoms with Crippen molar-refractivity contribution < 1.29 is 18.1 Å². The zero-order valence-electron chi connectivity index (χ0n) is 20.5. The van der Waals surface area contributed by atoms with Gasteiger partial charge in [0.2, 0.25) is 5.13 Å². The van der Waals surface area contributed by atoms with E-state index in [9.17, 15) is 23.3 Å². The summed E-state index contributed by atoms with van der Waals surface area (Å²) >= 11 is 5.59. The molecule has 0 aliphatic carbocycles. The molecule has 2 heterocycles. The van der Waals surface area contributed by atoms with E-state index in [1.165, 1.54) is 65.3 Å². The average Bonchev–Trinajstić information content (AvgIpc) is 3.60. The van der Waals surface area contributed by atoms with Gasteiger partial charge in [-0.15, -0.1) is 0 Å². The van der Waals surface area contributed by atoms with E-state index in [0.29, 0.717) is 16.1 Å². The number of halogens is 1. The molecule has 2 aromatic heterocycles. The van der Waals surface area contributed by atoms with Crippen molar-refractivity contribution in [2.24, 2.45) is 5.10 Å². The van der Waals surface area contributed by atoms with Crippen molar-refractivity contribution in [3.05, 3.63) is 110 Å². The van der Waals surface area contributed by atoms with Gasteiger partial charge in [-0.05, 0) is 60.7 Å². The Kier molecular flexibility index (Phi) is 7.76. The van der Waals surface area contributed by atoms with Crippen molar-refractivity contribution in [2.45, 2.75) is 4.90 Å². The van der Waals surface area contributed by atoms with Gasteiger partial charge in [-0.3, -0.25) is 19.2 Å². The lowest BCUT2D eigenvalue weighted by Gasteiger charge is -2.19. The minimum absolute atomic E-state index is 0.0150. The van der Waals surface area contributed by atoms with Gasteiger partial charge in [0.1, 0.15) is 0 Å². The summed E-state index contributed by atoms with van der Waals surface area (Å²) in [5.41, 5.74) is 1.34. The number of hydrazone groups is 1. The maximum atomic E-state index is 13.6. The molecule has 0 atom stereocenters. The summed E-state index contributed by atoms with van der Waals surface area (Å²) in [4.78, 5) is 29.2. The lowest BCUT2D eigenvalue weighted by atomic mass is 10.2. The van der Waals surface area contributed by atoms with Crippen molar-refractivity contribution in [2.75, 3.05) is 16.4 Å². The Morgan fingerprint density at radius 3 is 2.42 bits per heavy atom. The van der Waals surface area contributed by atoms with Crippen LogP contribution in [0.2, 0.25) is 0 Å². The molecule has 0 saturated heterocycles. The number of hydrogen-bond acceptors (Lipinski definition) is 9. The molecule has 10 nitrogen and oxygen atoms in total. The number of anilines is 2. The fourth-order valence-electron chi connectivity index (χ4n) is 3.62. The molecule has 5 rings (SSSR count). The van der Waals surface area contributed by atoms with Crippen molar-refractivity contribution in [1.29, 1.82) is 0 Å². The quantitative estimate of drug-likeness (QED) is 0.106.